The SMILES string of the molecule is N=C(N)c1c[nH]c2cccc(F)c12. The largest absolute Gasteiger partial charge is 0.384 e. The molecule has 0 aliphatic rings. The minimum absolute atomic E-state index is 0.128. The molecular weight excluding hydrogens is 169 g/mol. The number of hydrogen-bond acceptors (Lipinski definition) is 1. The first-order valence-electron chi connectivity index (χ1n) is 3.80. The van der Waals surface area contributed by atoms with Gasteiger partial charge in [-0.25, -0.2) is 4.39 Å². The number of hydrogen-bond donors (Lipinski definition) is 3. The van der Waals surface area contributed by atoms with E-state index in [9.17, 15) is 4.39 Å². The van der Waals surface area contributed by atoms with Gasteiger partial charge in [-0.1, -0.05) is 6.07 Å². The Morgan fingerprint density at radius 1 is 1.46 bits per heavy atom. The normalized spacial score (nSPS) is 10.5. The number of fused-ring (bicyclic) bond motifs is 1. The van der Waals surface area contributed by atoms with Crippen molar-refractivity contribution in [3.05, 3.63) is 35.8 Å². The minimum atomic E-state index is -0.357. The van der Waals surface area contributed by atoms with Gasteiger partial charge < -0.3 is 10.7 Å². The summed E-state index contributed by atoms with van der Waals surface area (Å²) >= 11 is 0. The van der Waals surface area contributed by atoms with Gasteiger partial charge in [0.15, 0.2) is 0 Å². The molecular formula is C9H8FN3. The second-order valence-corrected chi connectivity index (χ2v) is 2.78. The molecule has 0 atom stereocenters. The van der Waals surface area contributed by atoms with E-state index in [-0.39, 0.29) is 11.7 Å². The number of H-pyrrole nitrogens is 1. The number of nitrogens with one attached hydrogen (secondary N) is 2. The van der Waals surface area contributed by atoms with Gasteiger partial charge in [-0.3, -0.25) is 5.41 Å². The molecule has 0 aliphatic carbocycles. The topological polar surface area (TPSA) is 65.7 Å². The van der Waals surface area contributed by atoms with Crippen molar-refractivity contribution in [2.24, 2.45) is 5.73 Å². The lowest BCUT2D eigenvalue weighted by Gasteiger charge is -1.95. The molecule has 2 rings (SSSR count). The van der Waals surface area contributed by atoms with Crippen molar-refractivity contribution in [2.75, 3.05) is 0 Å². The Labute approximate surface area is 73.9 Å². The van der Waals surface area contributed by atoms with E-state index in [0.717, 1.165) is 0 Å². The summed E-state index contributed by atoms with van der Waals surface area (Å²) in [6.45, 7) is 0. The Morgan fingerprint density at radius 2 is 2.23 bits per heavy atom. The molecule has 66 valence electrons. The fraction of sp³-hybridized carbons (Fsp3) is 0. The van der Waals surface area contributed by atoms with Gasteiger partial charge >= 0.3 is 0 Å². The Morgan fingerprint density at radius 3 is 2.92 bits per heavy atom. The number of nitrogen functional groups attached to an aromatic ring is 1. The predicted octanol–water partition coefficient (Wildman–Crippen LogP) is 1.59. The summed E-state index contributed by atoms with van der Waals surface area (Å²) in [6, 6.07) is 4.70. The summed E-state index contributed by atoms with van der Waals surface area (Å²) in [5, 5.41) is 7.61. The van der Waals surface area contributed by atoms with Gasteiger partial charge in [0.2, 0.25) is 0 Å². The van der Waals surface area contributed by atoms with Crippen LogP contribution >= 0.6 is 0 Å². The Bertz CT molecular complexity index is 473. The standard InChI is InChI=1S/C9H8FN3/c10-6-2-1-3-7-8(6)5(4-13-7)9(11)12/h1-4,13H,(H3,11,12). The van der Waals surface area contributed by atoms with E-state index in [2.05, 4.69) is 4.98 Å². The molecule has 0 amide bonds. The molecule has 0 radical (unpaired) electrons. The number of rotatable bonds is 1. The highest BCUT2D eigenvalue weighted by Crippen LogP contribution is 2.20. The first-order valence-corrected chi connectivity index (χ1v) is 3.80. The summed E-state index contributed by atoms with van der Waals surface area (Å²) in [6.07, 6.45) is 1.54. The minimum Gasteiger partial charge on any atom is -0.384 e. The Kier molecular flexibility index (Phi) is 1.55. The molecule has 0 bridgehead atoms. The third-order valence-electron chi connectivity index (χ3n) is 1.95. The smallest absolute Gasteiger partial charge is 0.133 e. The number of amidine groups is 1. The Balaban J connectivity index is 2.86. The molecule has 4 heteroatoms. The summed E-state index contributed by atoms with van der Waals surface area (Å²) < 4.78 is 13.3. The number of nitrogens with two attached hydrogens (primary N) is 1. The molecule has 1 aromatic carbocycles. The van der Waals surface area contributed by atoms with Crippen molar-refractivity contribution in [3.8, 4) is 0 Å². The third kappa shape index (κ3) is 1.07. The van der Waals surface area contributed by atoms with Crippen molar-refractivity contribution in [1.29, 1.82) is 5.41 Å². The zero-order valence-electron chi connectivity index (χ0n) is 6.76. The van der Waals surface area contributed by atoms with E-state index in [1.807, 2.05) is 0 Å². The maximum Gasteiger partial charge on any atom is 0.133 e. The van der Waals surface area contributed by atoms with Crippen LogP contribution in [0.15, 0.2) is 24.4 Å². The summed E-state index contributed by atoms with van der Waals surface area (Å²) in [4.78, 5) is 2.85. The van der Waals surface area contributed by atoms with E-state index in [4.69, 9.17) is 11.1 Å². The van der Waals surface area contributed by atoms with Crippen molar-refractivity contribution < 1.29 is 4.39 Å². The van der Waals surface area contributed by atoms with Gasteiger partial charge in [0.1, 0.15) is 11.7 Å². The molecule has 0 saturated carbocycles. The second-order valence-electron chi connectivity index (χ2n) is 2.78. The quantitative estimate of drug-likeness (QED) is 0.449. The molecule has 13 heavy (non-hydrogen) atoms. The lowest BCUT2D eigenvalue weighted by molar-refractivity contribution is 0.640. The van der Waals surface area contributed by atoms with Gasteiger partial charge in [0.25, 0.3) is 0 Å². The van der Waals surface area contributed by atoms with Crippen molar-refractivity contribution in [2.45, 2.75) is 0 Å². The number of aromatic amines is 1. The molecule has 2 aromatic rings. The lowest BCUT2D eigenvalue weighted by atomic mass is 10.1. The van der Waals surface area contributed by atoms with Crippen LogP contribution in [0.4, 0.5) is 4.39 Å². The van der Waals surface area contributed by atoms with Crippen LogP contribution < -0.4 is 5.73 Å². The summed E-state index contributed by atoms with van der Waals surface area (Å²) in [5.41, 5.74) is 6.36. The summed E-state index contributed by atoms with van der Waals surface area (Å²) in [5.74, 6) is -0.486. The number of benzene rings is 1. The first kappa shape index (κ1) is 7.79. The molecule has 3 nitrogen and oxygen atoms in total. The fourth-order valence-electron chi connectivity index (χ4n) is 1.35. The van der Waals surface area contributed by atoms with Gasteiger partial charge in [-0.05, 0) is 12.1 Å². The van der Waals surface area contributed by atoms with Crippen LogP contribution in [0.1, 0.15) is 5.56 Å². The lowest BCUT2D eigenvalue weighted by Crippen LogP contribution is -2.10. The second kappa shape index (κ2) is 2.58. The molecule has 0 unspecified atom stereocenters. The molecule has 4 N–H and O–H groups in total. The van der Waals surface area contributed by atoms with Crippen LogP contribution in [0.25, 0.3) is 10.9 Å². The molecule has 0 aliphatic heterocycles. The van der Waals surface area contributed by atoms with E-state index in [1.165, 1.54) is 12.3 Å². The zero-order chi connectivity index (χ0) is 9.42. The van der Waals surface area contributed by atoms with Crippen LogP contribution in [0, 0.1) is 11.2 Å². The predicted molar refractivity (Wildman–Crippen MR) is 49.3 cm³/mol. The fourth-order valence-corrected chi connectivity index (χ4v) is 1.35. The van der Waals surface area contributed by atoms with Crippen molar-refractivity contribution >= 4 is 16.7 Å². The van der Waals surface area contributed by atoms with Crippen molar-refractivity contribution in [1.82, 2.24) is 4.98 Å². The maximum absolute atomic E-state index is 13.3. The van der Waals surface area contributed by atoms with E-state index in [0.29, 0.717) is 16.5 Å². The molecule has 0 saturated heterocycles. The van der Waals surface area contributed by atoms with Crippen LogP contribution in [0.3, 0.4) is 0 Å². The van der Waals surface area contributed by atoms with Crippen LogP contribution in [-0.4, -0.2) is 10.8 Å². The summed E-state index contributed by atoms with van der Waals surface area (Å²) in [7, 11) is 0. The molecule has 0 spiro atoms. The van der Waals surface area contributed by atoms with Crippen LogP contribution in [-0.2, 0) is 0 Å². The molecule has 1 heterocycles. The van der Waals surface area contributed by atoms with Gasteiger partial charge in [-0.15, -0.1) is 0 Å². The number of halogens is 1. The zero-order valence-corrected chi connectivity index (χ0v) is 6.76. The highest BCUT2D eigenvalue weighted by molar-refractivity contribution is 6.07. The number of aromatic nitrogens is 1. The monoisotopic (exact) mass is 177 g/mol. The maximum atomic E-state index is 13.3. The van der Waals surface area contributed by atoms with E-state index < -0.39 is 0 Å². The average Bonchev–Trinajstić information content (AvgIpc) is 2.49. The van der Waals surface area contributed by atoms with E-state index >= 15 is 0 Å². The van der Waals surface area contributed by atoms with Crippen molar-refractivity contribution in [3.63, 3.8) is 0 Å². The highest BCUT2D eigenvalue weighted by Gasteiger charge is 2.09. The Hall–Kier alpha value is -1.84. The van der Waals surface area contributed by atoms with E-state index in [1.54, 1.807) is 12.1 Å². The molecule has 0 fully saturated rings. The molecule has 1 aromatic heterocycles. The van der Waals surface area contributed by atoms with Gasteiger partial charge in [0, 0.05) is 22.7 Å². The van der Waals surface area contributed by atoms with Crippen LogP contribution in [0.2, 0.25) is 0 Å². The van der Waals surface area contributed by atoms with Gasteiger partial charge in [0.05, 0.1) is 0 Å². The van der Waals surface area contributed by atoms with Gasteiger partial charge in [-0.2, -0.15) is 0 Å². The third-order valence-corrected chi connectivity index (χ3v) is 1.95. The average molecular weight is 177 g/mol. The highest BCUT2D eigenvalue weighted by atomic mass is 19.1. The first-order chi connectivity index (χ1) is 6.20. The van der Waals surface area contributed by atoms with Crippen LogP contribution in [0.5, 0.6) is 0 Å².